The molecule has 17 heavy (non-hydrogen) atoms. The summed E-state index contributed by atoms with van der Waals surface area (Å²) in [7, 11) is 0. The Morgan fingerprint density at radius 1 is 1.53 bits per heavy atom. The Morgan fingerprint density at radius 3 is 3.18 bits per heavy atom. The first-order valence-electron chi connectivity index (χ1n) is 4.96. The molecule has 0 aliphatic carbocycles. The Bertz CT molecular complexity index is 534. The fourth-order valence-corrected chi connectivity index (χ4v) is 3.36. The molecular weight excluding hydrogens is 320 g/mol. The van der Waals surface area contributed by atoms with Crippen molar-refractivity contribution in [3.8, 4) is 0 Å². The molecule has 3 rings (SSSR count). The third-order valence-corrected chi connectivity index (χ3v) is 4.86. The zero-order chi connectivity index (χ0) is 11.8. The third-order valence-electron chi connectivity index (χ3n) is 2.47. The molecule has 2 aliphatic heterocycles. The lowest BCUT2D eigenvalue weighted by molar-refractivity contribution is 0.440. The van der Waals surface area contributed by atoms with Crippen molar-refractivity contribution >= 4 is 44.7 Å². The van der Waals surface area contributed by atoms with Crippen LogP contribution in [0, 0.1) is 0 Å². The fourth-order valence-electron chi connectivity index (χ4n) is 1.69. The number of thioether (sulfide) groups is 1. The number of hydrogen-bond donors (Lipinski definition) is 1. The summed E-state index contributed by atoms with van der Waals surface area (Å²) < 4.78 is 2.04. The summed E-state index contributed by atoms with van der Waals surface area (Å²) in [5, 5.41) is 12.6. The molecule has 0 saturated carbocycles. The van der Waals surface area contributed by atoms with Crippen molar-refractivity contribution in [2.45, 2.75) is 10.5 Å². The molecule has 88 valence electrons. The van der Waals surface area contributed by atoms with Gasteiger partial charge in [0.1, 0.15) is 6.17 Å². The quantitative estimate of drug-likeness (QED) is 0.845. The van der Waals surface area contributed by atoms with E-state index in [4.69, 9.17) is 0 Å². The minimum absolute atomic E-state index is 0.188. The van der Waals surface area contributed by atoms with Gasteiger partial charge in [0.25, 0.3) is 0 Å². The summed E-state index contributed by atoms with van der Waals surface area (Å²) in [5.41, 5.74) is 1.06. The summed E-state index contributed by atoms with van der Waals surface area (Å²) in [4.78, 5) is 2.15. The Kier molecular flexibility index (Phi) is 2.97. The van der Waals surface area contributed by atoms with E-state index >= 15 is 0 Å². The molecule has 0 saturated heterocycles. The van der Waals surface area contributed by atoms with Gasteiger partial charge in [-0.1, -0.05) is 23.1 Å². The zero-order valence-electron chi connectivity index (χ0n) is 8.92. The average molecular weight is 329 g/mol. The van der Waals surface area contributed by atoms with Crippen LogP contribution >= 0.6 is 39.0 Å². The van der Waals surface area contributed by atoms with Gasteiger partial charge in [0.2, 0.25) is 0 Å². The molecule has 4 nitrogen and oxygen atoms in total. The van der Waals surface area contributed by atoms with E-state index in [2.05, 4.69) is 48.6 Å². The molecule has 7 heteroatoms. The number of nitrogens with one attached hydrogen (secondary N) is 1. The average Bonchev–Trinajstić information content (AvgIpc) is 2.93. The van der Waals surface area contributed by atoms with Crippen molar-refractivity contribution in [2.24, 2.45) is 0 Å². The first-order chi connectivity index (χ1) is 8.28. The van der Waals surface area contributed by atoms with Gasteiger partial charge in [-0.15, -0.1) is 10.2 Å². The molecule has 1 aromatic heterocycles. The molecule has 0 radical (unpaired) electrons. The van der Waals surface area contributed by atoms with Crippen LogP contribution in [0.15, 0.2) is 33.4 Å². The SMILES string of the molecule is CSc1nnc(C2=CNC3C=CC(Br)=CN23)s1. The van der Waals surface area contributed by atoms with Gasteiger partial charge in [0.05, 0.1) is 5.70 Å². The monoisotopic (exact) mass is 328 g/mol. The van der Waals surface area contributed by atoms with Crippen LogP contribution in [-0.4, -0.2) is 27.5 Å². The van der Waals surface area contributed by atoms with Crippen molar-refractivity contribution in [1.82, 2.24) is 20.4 Å². The highest BCUT2D eigenvalue weighted by atomic mass is 79.9. The lowest BCUT2D eigenvalue weighted by Crippen LogP contribution is -2.32. The molecular formula is C10H9BrN4S2. The number of allylic oxidation sites excluding steroid dienone is 2. The van der Waals surface area contributed by atoms with Crippen molar-refractivity contribution in [3.05, 3.63) is 34.0 Å². The third kappa shape index (κ3) is 2.02. The Balaban J connectivity index is 1.92. The second-order valence-electron chi connectivity index (χ2n) is 3.50. The van der Waals surface area contributed by atoms with Gasteiger partial charge in [-0.2, -0.15) is 0 Å². The van der Waals surface area contributed by atoms with Gasteiger partial charge < -0.3 is 10.2 Å². The molecule has 1 unspecified atom stereocenters. The highest BCUT2D eigenvalue weighted by molar-refractivity contribution is 9.11. The standard InChI is InChI=1S/C10H9BrN4S2/c1-16-10-14-13-9(17-10)7-4-12-8-3-2-6(11)5-15(7)8/h2-5,8,12H,1H3. The lowest BCUT2D eigenvalue weighted by Gasteiger charge is -2.25. The van der Waals surface area contributed by atoms with E-state index in [9.17, 15) is 0 Å². The number of fused-ring (bicyclic) bond motifs is 1. The molecule has 1 atom stereocenters. The minimum Gasteiger partial charge on any atom is -0.366 e. The maximum absolute atomic E-state index is 4.21. The molecule has 1 aromatic rings. The zero-order valence-corrected chi connectivity index (χ0v) is 12.1. The molecule has 0 fully saturated rings. The highest BCUT2D eigenvalue weighted by Crippen LogP contribution is 2.33. The maximum Gasteiger partial charge on any atom is 0.174 e. The summed E-state index contributed by atoms with van der Waals surface area (Å²) in [5.74, 6) is 0. The van der Waals surface area contributed by atoms with Gasteiger partial charge in [0, 0.05) is 16.9 Å². The van der Waals surface area contributed by atoms with Gasteiger partial charge in [-0.25, -0.2) is 0 Å². The van der Waals surface area contributed by atoms with Crippen molar-refractivity contribution in [2.75, 3.05) is 6.26 Å². The second-order valence-corrected chi connectivity index (χ2v) is 6.45. The van der Waals surface area contributed by atoms with E-state index in [0.29, 0.717) is 0 Å². The first-order valence-corrected chi connectivity index (χ1v) is 7.79. The van der Waals surface area contributed by atoms with E-state index < -0.39 is 0 Å². The fraction of sp³-hybridized carbons (Fsp3) is 0.200. The summed E-state index contributed by atoms with van der Waals surface area (Å²) in [6.45, 7) is 0. The smallest absolute Gasteiger partial charge is 0.174 e. The molecule has 0 spiro atoms. The maximum atomic E-state index is 4.21. The van der Waals surface area contributed by atoms with Crippen LogP contribution in [0.25, 0.3) is 5.70 Å². The molecule has 1 N–H and O–H groups in total. The van der Waals surface area contributed by atoms with Crippen LogP contribution in [0.1, 0.15) is 5.01 Å². The van der Waals surface area contributed by atoms with Crippen LogP contribution in [0.2, 0.25) is 0 Å². The second kappa shape index (κ2) is 4.47. The van der Waals surface area contributed by atoms with Gasteiger partial charge in [-0.05, 0) is 34.3 Å². The van der Waals surface area contributed by atoms with Crippen molar-refractivity contribution in [3.63, 3.8) is 0 Å². The van der Waals surface area contributed by atoms with Crippen LogP contribution in [0.4, 0.5) is 0 Å². The lowest BCUT2D eigenvalue weighted by atomic mass is 10.3. The molecule has 0 amide bonds. The number of rotatable bonds is 2. The van der Waals surface area contributed by atoms with Crippen molar-refractivity contribution in [1.29, 1.82) is 0 Å². The van der Waals surface area contributed by atoms with E-state index in [1.54, 1.807) is 23.1 Å². The van der Waals surface area contributed by atoms with Crippen molar-refractivity contribution < 1.29 is 0 Å². The summed E-state index contributed by atoms with van der Waals surface area (Å²) >= 11 is 6.71. The van der Waals surface area contributed by atoms with E-state index in [0.717, 1.165) is 19.5 Å². The topological polar surface area (TPSA) is 41.1 Å². The van der Waals surface area contributed by atoms with Crippen LogP contribution in [0.3, 0.4) is 0 Å². The van der Waals surface area contributed by atoms with E-state index in [-0.39, 0.29) is 6.17 Å². The first kappa shape index (κ1) is 11.3. The molecule has 3 heterocycles. The predicted octanol–water partition coefficient (Wildman–Crippen LogP) is 2.60. The van der Waals surface area contributed by atoms with Crippen LogP contribution in [0.5, 0.6) is 0 Å². The number of aromatic nitrogens is 2. The number of halogens is 1. The summed E-state index contributed by atoms with van der Waals surface area (Å²) in [6, 6.07) is 0. The minimum atomic E-state index is 0.188. The van der Waals surface area contributed by atoms with Gasteiger partial charge in [0.15, 0.2) is 9.35 Å². The Morgan fingerprint density at radius 2 is 2.41 bits per heavy atom. The normalized spacial score (nSPS) is 22.0. The Hall–Kier alpha value is -0.790. The van der Waals surface area contributed by atoms with E-state index in [1.165, 1.54) is 0 Å². The largest absolute Gasteiger partial charge is 0.366 e. The number of hydrogen-bond acceptors (Lipinski definition) is 6. The molecule has 2 aliphatic rings. The molecule has 0 aromatic carbocycles. The van der Waals surface area contributed by atoms with Crippen LogP contribution in [-0.2, 0) is 0 Å². The Labute approximate surface area is 116 Å². The molecule has 0 bridgehead atoms. The summed E-state index contributed by atoms with van der Waals surface area (Å²) in [6.07, 6.45) is 10.4. The van der Waals surface area contributed by atoms with E-state index in [1.807, 2.05) is 18.5 Å². The van der Waals surface area contributed by atoms with Gasteiger partial charge >= 0.3 is 0 Å². The van der Waals surface area contributed by atoms with Gasteiger partial charge in [-0.3, -0.25) is 0 Å². The highest BCUT2D eigenvalue weighted by Gasteiger charge is 2.27. The number of nitrogens with zero attached hydrogens (tertiary/aromatic N) is 3. The van der Waals surface area contributed by atoms with Crippen LogP contribution < -0.4 is 5.32 Å². The predicted molar refractivity (Wildman–Crippen MR) is 74.6 cm³/mol.